The number of aryl methyl sites for hydroxylation is 1. The number of carbonyl (C=O) groups is 4. The van der Waals surface area contributed by atoms with Gasteiger partial charge in [-0.3, -0.25) is 19.2 Å². The van der Waals surface area contributed by atoms with E-state index in [0.717, 1.165) is 56.1 Å². The molecule has 2 heterocycles. The van der Waals surface area contributed by atoms with Crippen LogP contribution in [0.15, 0.2) is 115 Å². The van der Waals surface area contributed by atoms with E-state index in [1.807, 2.05) is 106 Å². The molecule has 4 amide bonds. The summed E-state index contributed by atoms with van der Waals surface area (Å²) in [6, 6.07) is 34.8. The first kappa shape index (κ1) is 59.3. The van der Waals surface area contributed by atoms with Gasteiger partial charge in [-0.15, -0.1) is 22.9 Å². The molecular formula is C59H74ClN5O10S. The molecule has 4 aromatic carbocycles. The third-order valence-electron chi connectivity index (χ3n) is 12.9. The molecule has 3 N–H and O–H groups in total. The maximum absolute atomic E-state index is 14.0. The number of aliphatic hydroxyl groups is 1. The highest BCUT2D eigenvalue weighted by molar-refractivity contribution is 7.13. The van der Waals surface area contributed by atoms with Crippen molar-refractivity contribution < 1.29 is 48.0 Å². The molecule has 1 aromatic heterocycles. The monoisotopic (exact) mass is 1080 g/mol. The van der Waals surface area contributed by atoms with Crippen LogP contribution in [0, 0.1) is 12.3 Å². The molecule has 6 rings (SSSR count). The van der Waals surface area contributed by atoms with E-state index in [1.165, 1.54) is 10.5 Å². The predicted molar refractivity (Wildman–Crippen MR) is 298 cm³/mol. The SMILES string of the molecule is Cc1ncsc1-c1ccc(CNC(=O)[C@@H]2C[C@@H](O)CN2C(=O)C(NC(=O)CCOCCOCCOCCOCCC(=O)N(C)CCOc2ccc(/C(=C(/CCCl)c3ccccc3)c3ccccc3)cc2)C(C)(C)C)cc1. The van der Waals surface area contributed by atoms with Gasteiger partial charge in [-0.1, -0.05) is 118 Å². The van der Waals surface area contributed by atoms with Crippen molar-refractivity contribution >= 4 is 57.7 Å². The number of aliphatic hydroxyl groups excluding tert-OH is 1. The minimum absolute atomic E-state index is 0.00943. The summed E-state index contributed by atoms with van der Waals surface area (Å²) < 4.78 is 28.4. The fourth-order valence-corrected chi connectivity index (χ4v) is 9.70. The van der Waals surface area contributed by atoms with Crippen LogP contribution in [0.25, 0.3) is 21.6 Å². The Bertz CT molecular complexity index is 2610. The largest absolute Gasteiger partial charge is 0.492 e. The number of hydrogen-bond donors (Lipinski definition) is 3. The minimum atomic E-state index is -0.936. The predicted octanol–water partition coefficient (Wildman–Crippen LogP) is 8.20. The summed E-state index contributed by atoms with van der Waals surface area (Å²) in [6.45, 7) is 10.8. The Morgan fingerprint density at radius 2 is 1.34 bits per heavy atom. The third-order valence-corrected chi connectivity index (χ3v) is 14.0. The maximum atomic E-state index is 14.0. The number of thiazole rings is 1. The highest BCUT2D eigenvalue weighted by Crippen LogP contribution is 2.36. The van der Waals surface area contributed by atoms with Gasteiger partial charge < -0.3 is 49.2 Å². The number of hydrogen-bond acceptors (Lipinski definition) is 12. The molecule has 1 aliphatic rings. The van der Waals surface area contributed by atoms with Gasteiger partial charge in [-0.05, 0) is 69.9 Å². The zero-order chi connectivity index (χ0) is 54.3. The van der Waals surface area contributed by atoms with E-state index in [1.54, 1.807) is 23.3 Å². The Morgan fingerprint density at radius 1 is 0.763 bits per heavy atom. The highest BCUT2D eigenvalue weighted by atomic mass is 35.5. The molecular weight excluding hydrogens is 1010 g/mol. The quantitative estimate of drug-likeness (QED) is 0.0230. The highest BCUT2D eigenvalue weighted by Gasteiger charge is 2.44. The van der Waals surface area contributed by atoms with Gasteiger partial charge in [0.1, 0.15) is 24.4 Å². The van der Waals surface area contributed by atoms with Crippen molar-refractivity contribution in [1.82, 2.24) is 25.4 Å². The van der Waals surface area contributed by atoms with Crippen LogP contribution in [-0.4, -0.2) is 147 Å². The van der Waals surface area contributed by atoms with E-state index >= 15 is 0 Å². The summed E-state index contributed by atoms with van der Waals surface area (Å²) in [6.07, 6.45) is 0.212. The fourth-order valence-electron chi connectivity index (χ4n) is 8.70. The number of rotatable bonds is 30. The Hall–Kier alpha value is -5.98. The summed E-state index contributed by atoms with van der Waals surface area (Å²) in [5, 5.41) is 16.3. The number of nitrogens with zero attached hydrogens (tertiary/aromatic N) is 3. The molecule has 0 saturated carbocycles. The van der Waals surface area contributed by atoms with Crippen LogP contribution in [0.1, 0.15) is 74.4 Å². The number of benzene rings is 4. The Kier molecular flexibility index (Phi) is 23.9. The first-order valence-electron chi connectivity index (χ1n) is 26.0. The summed E-state index contributed by atoms with van der Waals surface area (Å²) in [5.41, 5.74) is 9.66. The second-order valence-corrected chi connectivity index (χ2v) is 20.8. The van der Waals surface area contributed by atoms with Gasteiger partial charge in [0.2, 0.25) is 23.6 Å². The molecule has 15 nitrogen and oxygen atoms in total. The molecule has 17 heteroatoms. The first-order valence-corrected chi connectivity index (χ1v) is 27.4. The number of nitrogens with one attached hydrogen (secondary N) is 2. The normalized spacial score (nSPS) is 15.2. The van der Waals surface area contributed by atoms with Crippen LogP contribution in [-0.2, 0) is 44.7 Å². The second kappa shape index (κ2) is 30.7. The zero-order valence-electron chi connectivity index (χ0n) is 44.5. The van der Waals surface area contributed by atoms with E-state index in [-0.39, 0.29) is 69.9 Å². The number of allylic oxidation sites excluding steroid dienone is 1. The Balaban J connectivity index is 0.788. The number of β-amino-alcohol motifs (C(OH)–C–C–N with tert-alkyl or cyclic N) is 1. The lowest BCUT2D eigenvalue weighted by Gasteiger charge is -2.35. The van der Waals surface area contributed by atoms with Gasteiger partial charge >= 0.3 is 0 Å². The van der Waals surface area contributed by atoms with E-state index in [0.29, 0.717) is 52.1 Å². The van der Waals surface area contributed by atoms with Crippen molar-refractivity contribution in [3.05, 3.63) is 143 Å². The van der Waals surface area contributed by atoms with Crippen LogP contribution < -0.4 is 15.4 Å². The summed E-state index contributed by atoms with van der Waals surface area (Å²) in [5.74, 6) is 0.0133. The molecule has 5 aromatic rings. The van der Waals surface area contributed by atoms with Crippen LogP contribution in [0.5, 0.6) is 5.75 Å². The molecule has 0 spiro atoms. The van der Waals surface area contributed by atoms with Gasteiger partial charge in [0.05, 0.1) is 88.0 Å². The number of aromatic nitrogens is 1. The van der Waals surface area contributed by atoms with Crippen LogP contribution in [0.3, 0.4) is 0 Å². The lowest BCUT2D eigenvalue weighted by Crippen LogP contribution is -2.57. The van der Waals surface area contributed by atoms with Gasteiger partial charge in [0.25, 0.3) is 0 Å². The average Bonchev–Trinajstić information content (AvgIpc) is 4.04. The molecule has 0 bridgehead atoms. The number of likely N-dealkylation sites (N-methyl/N-ethyl adjacent to an activating group) is 1. The summed E-state index contributed by atoms with van der Waals surface area (Å²) >= 11 is 7.89. The smallest absolute Gasteiger partial charge is 0.246 e. The first-order chi connectivity index (χ1) is 36.7. The zero-order valence-corrected chi connectivity index (χ0v) is 46.0. The molecule has 0 radical (unpaired) electrons. The van der Waals surface area contributed by atoms with Gasteiger partial charge in [-0.25, -0.2) is 4.98 Å². The lowest BCUT2D eigenvalue weighted by atomic mass is 9.85. The fraction of sp³-hybridized carbons (Fsp3) is 0.441. The Labute approximate surface area is 456 Å². The number of alkyl halides is 1. The van der Waals surface area contributed by atoms with Crippen molar-refractivity contribution in [1.29, 1.82) is 0 Å². The third kappa shape index (κ3) is 18.4. The van der Waals surface area contributed by atoms with Crippen molar-refractivity contribution in [2.24, 2.45) is 5.41 Å². The number of ether oxygens (including phenoxy) is 5. The number of carbonyl (C=O) groups excluding carboxylic acids is 4. The standard InChI is InChI=1S/C59H74ClN5O10S/c1-42-55(76-41-62-42)47-18-16-43(17-19-47)39-61-57(69)51-38-48(66)40-65(51)58(70)56(59(2,3)4)63-52(67)25-29-71-32-34-73-36-37-74-35-33-72-30-26-53(68)64(5)28-31-75-49-22-20-46(21-23-49)54(45-14-10-7-11-15-45)50(24-27-60)44-12-8-6-9-13-44/h6-23,41,48,51,56,66H,24-40H2,1-5H3,(H,61,69)(H,63,67)/b54-50-/t48-,51+,56?/m1/s1. The average molecular weight is 1080 g/mol. The van der Waals surface area contributed by atoms with Crippen LogP contribution in [0.4, 0.5) is 0 Å². The van der Waals surface area contributed by atoms with E-state index in [9.17, 15) is 24.3 Å². The molecule has 3 atom stereocenters. The van der Waals surface area contributed by atoms with Crippen molar-refractivity contribution in [2.45, 2.75) is 78.1 Å². The minimum Gasteiger partial charge on any atom is -0.492 e. The van der Waals surface area contributed by atoms with Gasteiger partial charge in [0.15, 0.2) is 0 Å². The van der Waals surface area contributed by atoms with Gasteiger partial charge in [0, 0.05) is 38.9 Å². The Morgan fingerprint density at radius 3 is 1.92 bits per heavy atom. The van der Waals surface area contributed by atoms with Crippen LogP contribution >= 0.6 is 22.9 Å². The van der Waals surface area contributed by atoms with Crippen molar-refractivity contribution in [3.8, 4) is 16.2 Å². The maximum Gasteiger partial charge on any atom is 0.246 e. The lowest BCUT2D eigenvalue weighted by molar-refractivity contribution is -0.144. The topological polar surface area (TPSA) is 178 Å². The molecule has 1 aliphatic heterocycles. The molecule has 1 unspecified atom stereocenters. The van der Waals surface area contributed by atoms with Crippen LogP contribution in [0.2, 0.25) is 0 Å². The number of halogens is 1. The van der Waals surface area contributed by atoms with E-state index < -0.39 is 29.5 Å². The van der Waals surface area contributed by atoms with Crippen molar-refractivity contribution in [3.63, 3.8) is 0 Å². The summed E-state index contributed by atoms with van der Waals surface area (Å²) in [7, 11) is 1.75. The molecule has 0 aliphatic carbocycles. The molecule has 1 fully saturated rings. The van der Waals surface area contributed by atoms with Gasteiger partial charge in [-0.2, -0.15) is 0 Å². The second-order valence-electron chi connectivity index (χ2n) is 19.6. The number of likely N-dealkylation sites (tertiary alicyclic amines) is 1. The van der Waals surface area contributed by atoms with E-state index in [4.69, 9.17) is 35.3 Å². The van der Waals surface area contributed by atoms with E-state index in [2.05, 4.69) is 52.0 Å². The number of amides is 4. The molecule has 76 heavy (non-hydrogen) atoms. The molecule has 408 valence electrons. The summed E-state index contributed by atoms with van der Waals surface area (Å²) in [4.78, 5) is 61.6. The molecule has 1 saturated heterocycles. The van der Waals surface area contributed by atoms with Crippen molar-refractivity contribution in [2.75, 3.05) is 85.5 Å².